The first-order valence-corrected chi connectivity index (χ1v) is 17.8. The van der Waals surface area contributed by atoms with E-state index in [1.165, 1.54) is 32.1 Å². The van der Waals surface area contributed by atoms with Crippen LogP contribution in [0.1, 0.15) is 105 Å². The molecule has 3 saturated heterocycles. The van der Waals surface area contributed by atoms with Crippen LogP contribution in [0.4, 0.5) is 0 Å². The number of carbonyl (C=O) groups excluding carboxylic acids is 2. The molecule has 7 nitrogen and oxygen atoms in total. The Bertz CT molecular complexity index is 1120. The molecule has 3 saturated carbocycles. The van der Waals surface area contributed by atoms with Gasteiger partial charge in [0.15, 0.2) is 5.79 Å². The summed E-state index contributed by atoms with van der Waals surface area (Å²) in [5.74, 6) is 3.29. The first kappa shape index (κ1) is 30.2. The highest BCUT2D eigenvalue weighted by atomic mass is 16.7. The number of hydrogen-bond donors (Lipinski definition) is 2. The summed E-state index contributed by atoms with van der Waals surface area (Å²) >= 11 is 0. The molecular formula is C36H57N3O4. The molecule has 4 aliphatic carbocycles. The molecule has 2 N–H and O–H groups in total. The Balaban J connectivity index is 0.972. The summed E-state index contributed by atoms with van der Waals surface area (Å²) in [5, 5.41) is 6.34. The van der Waals surface area contributed by atoms with Crippen LogP contribution in [0.5, 0.6) is 0 Å². The molecule has 6 fully saturated rings. The van der Waals surface area contributed by atoms with Crippen molar-refractivity contribution >= 4 is 11.8 Å². The van der Waals surface area contributed by atoms with Gasteiger partial charge in [0, 0.05) is 24.4 Å². The first-order chi connectivity index (χ1) is 20.5. The number of nitrogens with one attached hydrogen (secondary N) is 2. The predicted molar refractivity (Wildman–Crippen MR) is 167 cm³/mol. The van der Waals surface area contributed by atoms with Crippen LogP contribution >= 0.6 is 0 Å². The molecule has 7 aliphatic rings. The molecule has 1 spiro atoms. The molecule has 0 aromatic carbocycles. The molecule has 3 heterocycles. The Morgan fingerprint density at radius 2 is 1.70 bits per heavy atom. The average molecular weight is 596 g/mol. The van der Waals surface area contributed by atoms with E-state index in [0.29, 0.717) is 29.3 Å². The van der Waals surface area contributed by atoms with Crippen molar-refractivity contribution in [3.63, 3.8) is 0 Å². The van der Waals surface area contributed by atoms with Gasteiger partial charge in [-0.2, -0.15) is 0 Å². The van der Waals surface area contributed by atoms with Crippen molar-refractivity contribution in [1.29, 1.82) is 0 Å². The summed E-state index contributed by atoms with van der Waals surface area (Å²) in [6, 6.07) is 0.340. The van der Waals surface area contributed by atoms with E-state index in [9.17, 15) is 9.59 Å². The van der Waals surface area contributed by atoms with Crippen molar-refractivity contribution in [2.75, 3.05) is 26.7 Å². The Labute approximate surface area is 259 Å². The molecule has 0 unspecified atom stereocenters. The van der Waals surface area contributed by atoms with E-state index in [4.69, 9.17) is 9.47 Å². The minimum absolute atomic E-state index is 0.0572. The van der Waals surface area contributed by atoms with Gasteiger partial charge in [0.05, 0.1) is 12.7 Å². The quantitative estimate of drug-likeness (QED) is 0.334. The van der Waals surface area contributed by atoms with Crippen LogP contribution in [0.2, 0.25) is 0 Å². The lowest BCUT2D eigenvalue weighted by molar-refractivity contribution is -0.272. The zero-order chi connectivity index (χ0) is 30.1. The second kappa shape index (κ2) is 11.1. The number of rotatable bonds is 4. The van der Waals surface area contributed by atoms with Gasteiger partial charge >= 0.3 is 0 Å². The maximum atomic E-state index is 12.9. The van der Waals surface area contributed by atoms with Crippen molar-refractivity contribution in [2.24, 2.45) is 46.3 Å². The Kier molecular flexibility index (Phi) is 7.82. The highest BCUT2D eigenvalue weighted by Crippen LogP contribution is 2.70. The lowest BCUT2D eigenvalue weighted by Gasteiger charge is -2.58. The summed E-state index contributed by atoms with van der Waals surface area (Å²) in [6.45, 7) is 12.7. The van der Waals surface area contributed by atoms with Crippen LogP contribution in [-0.2, 0) is 19.1 Å². The Hall–Kier alpha value is -1.44. The summed E-state index contributed by atoms with van der Waals surface area (Å²) < 4.78 is 13.5. The lowest BCUT2D eigenvalue weighted by Crippen LogP contribution is -2.53. The Morgan fingerprint density at radius 1 is 0.953 bits per heavy atom. The number of allylic oxidation sites excluding steroid dienone is 1. The molecule has 43 heavy (non-hydrogen) atoms. The van der Waals surface area contributed by atoms with Gasteiger partial charge in [-0.15, -0.1) is 0 Å². The minimum atomic E-state index is -0.339. The smallest absolute Gasteiger partial charge is 0.229 e. The van der Waals surface area contributed by atoms with Crippen LogP contribution in [0.15, 0.2) is 11.6 Å². The molecule has 240 valence electrons. The van der Waals surface area contributed by atoms with Crippen LogP contribution in [0, 0.1) is 46.3 Å². The van der Waals surface area contributed by atoms with Crippen molar-refractivity contribution in [3.8, 4) is 0 Å². The van der Waals surface area contributed by atoms with Crippen LogP contribution in [-0.4, -0.2) is 67.4 Å². The van der Waals surface area contributed by atoms with E-state index in [1.54, 1.807) is 5.57 Å². The molecule has 11 atom stereocenters. The number of fused-ring (bicyclic) bond motifs is 7. The summed E-state index contributed by atoms with van der Waals surface area (Å²) in [6.07, 6.45) is 15.1. The molecule has 7 rings (SSSR count). The van der Waals surface area contributed by atoms with Crippen LogP contribution in [0.25, 0.3) is 0 Å². The highest BCUT2D eigenvalue weighted by molar-refractivity contribution is 5.97. The SMILES string of the molecule is C[C@@H]1CC[C@@]2(OC1)O[C@H]1C[C@H]3[C@@H]4CC=C5C[C@@H](NC(=O)CC(=O)NC6CCN(C)CC6)CC[C@]5(C)[C@H]4CC[C@]3(C)[C@H]1[C@@H]2C. The fourth-order valence-corrected chi connectivity index (χ4v) is 11.7. The van der Waals surface area contributed by atoms with E-state index >= 15 is 0 Å². The topological polar surface area (TPSA) is 79.9 Å². The van der Waals surface area contributed by atoms with E-state index in [0.717, 1.165) is 76.0 Å². The minimum Gasteiger partial charge on any atom is -0.353 e. The number of ether oxygens (including phenoxy) is 2. The summed E-state index contributed by atoms with van der Waals surface area (Å²) in [7, 11) is 2.12. The van der Waals surface area contributed by atoms with Gasteiger partial charge in [0.1, 0.15) is 6.42 Å². The normalized spacial score (nSPS) is 48.1. The van der Waals surface area contributed by atoms with Gasteiger partial charge < -0.3 is 25.0 Å². The van der Waals surface area contributed by atoms with E-state index in [1.807, 2.05) is 0 Å². The third kappa shape index (κ3) is 5.12. The van der Waals surface area contributed by atoms with E-state index < -0.39 is 0 Å². The number of nitrogens with zero attached hydrogens (tertiary/aromatic N) is 1. The monoisotopic (exact) mass is 595 g/mol. The van der Waals surface area contributed by atoms with Gasteiger partial charge in [0.2, 0.25) is 11.8 Å². The predicted octanol–water partition coefficient (Wildman–Crippen LogP) is 5.44. The zero-order valence-corrected chi connectivity index (χ0v) is 27.5. The fourth-order valence-electron chi connectivity index (χ4n) is 11.7. The second-order valence-electron chi connectivity index (χ2n) is 16.6. The zero-order valence-electron chi connectivity index (χ0n) is 27.5. The van der Waals surface area contributed by atoms with Gasteiger partial charge in [-0.3, -0.25) is 9.59 Å². The number of piperidine rings is 1. The maximum absolute atomic E-state index is 12.9. The lowest BCUT2D eigenvalue weighted by atomic mass is 9.46. The van der Waals surface area contributed by atoms with Crippen LogP contribution in [0.3, 0.4) is 0 Å². The number of carbonyl (C=O) groups is 2. The number of amides is 2. The fraction of sp³-hybridized carbons (Fsp3) is 0.889. The van der Waals surface area contributed by atoms with Crippen molar-refractivity contribution in [3.05, 3.63) is 11.6 Å². The number of likely N-dealkylation sites (tertiary alicyclic amines) is 1. The van der Waals surface area contributed by atoms with Crippen molar-refractivity contribution in [1.82, 2.24) is 15.5 Å². The summed E-state index contributed by atoms with van der Waals surface area (Å²) in [4.78, 5) is 27.7. The van der Waals surface area contributed by atoms with Crippen LogP contribution < -0.4 is 10.6 Å². The molecule has 0 aromatic heterocycles. The van der Waals surface area contributed by atoms with Gasteiger partial charge in [-0.25, -0.2) is 0 Å². The molecule has 0 radical (unpaired) electrons. The maximum Gasteiger partial charge on any atom is 0.229 e. The van der Waals surface area contributed by atoms with Crippen molar-refractivity contribution in [2.45, 2.75) is 129 Å². The van der Waals surface area contributed by atoms with Gasteiger partial charge in [0.25, 0.3) is 0 Å². The first-order valence-electron chi connectivity index (χ1n) is 17.8. The molecule has 7 heteroatoms. The largest absolute Gasteiger partial charge is 0.353 e. The molecule has 0 aromatic rings. The highest BCUT2D eigenvalue weighted by Gasteiger charge is 2.68. The van der Waals surface area contributed by atoms with E-state index in [-0.39, 0.29) is 41.5 Å². The third-order valence-corrected chi connectivity index (χ3v) is 14.1. The molecule has 2 amide bonds. The molecular weight excluding hydrogens is 538 g/mol. The van der Waals surface area contributed by atoms with Crippen molar-refractivity contribution < 1.29 is 19.1 Å². The van der Waals surface area contributed by atoms with Gasteiger partial charge in [-0.1, -0.05) is 39.3 Å². The molecule has 0 bridgehead atoms. The number of hydrogen-bond acceptors (Lipinski definition) is 5. The molecule has 3 aliphatic heterocycles. The summed E-state index contributed by atoms with van der Waals surface area (Å²) in [5.41, 5.74) is 2.13. The standard InChI is InChI=1S/C36H57N3O4/c1-22-8-15-36(42-21-22)23(2)33-30(43-36)19-29-27-7-6-24-18-26(9-13-34(24,3)28(27)10-14-35(29,33)4)38-32(41)20-31(40)37-25-11-16-39(5)17-12-25/h6,22-23,25-30,33H,7-21H2,1-5H3,(H,37,40)(H,38,41)/t22-,23+,26+,27-,28+,29+,30+,33+,34+,35+,36-/m1/s1. The van der Waals surface area contributed by atoms with Gasteiger partial charge in [-0.05, 0) is 125 Å². The average Bonchev–Trinajstić information content (AvgIpc) is 3.41. The second-order valence-corrected chi connectivity index (χ2v) is 16.6. The van der Waals surface area contributed by atoms with E-state index in [2.05, 4.69) is 56.4 Å². The third-order valence-electron chi connectivity index (χ3n) is 14.1. The Morgan fingerprint density at radius 3 is 2.42 bits per heavy atom.